The smallest absolute Gasteiger partial charge is 0.225 e. The molecule has 0 aliphatic carbocycles. The quantitative estimate of drug-likeness (QED) is 0.390. The Kier molecular flexibility index (Phi) is 7.03. The van der Waals surface area contributed by atoms with Crippen molar-refractivity contribution in [1.82, 2.24) is 15.0 Å². The first-order valence-electron chi connectivity index (χ1n) is 8.85. The van der Waals surface area contributed by atoms with E-state index < -0.39 is 0 Å². The highest BCUT2D eigenvalue weighted by atomic mass is 127. The van der Waals surface area contributed by atoms with Gasteiger partial charge in [0.25, 0.3) is 0 Å². The highest BCUT2D eigenvalue weighted by Crippen LogP contribution is 2.29. The molecule has 0 radical (unpaired) electrons. The molecule has 2 heterocycles. The molecule has 0 saturated carbocycles. The van der Waals surface area contributed by atoms with E-state index in [1.807, 2.05) is 50.2 Å². The van der Waals surface area contributed by atoms with Gasteiger partial charge in [-0.1, -0.05) is 25.4 Å². The number of rotatable bonds is 7. The molecule has 146 valence electrons. The Morgan fingerprint density at radius 2 is 2.00 bits per heavy atom. The Morgan fingerprint density at radius 1 is 1.18 bits per heavy atom. The summed E-state index contributed by atoms with van der Waals surface area (Å²) >= 11 is 8.57. The Balaban J connectivity index is 1.99. The molecule has 28 heavy (non-hydrogen) atoms. The monoisotopic (exact) mass is 509 g/mol. The SMILES string of the molecule is CC(C)[C@H](CO)Nc1nc(Nc2ccc(I)cc2Cl)cc(-c2cccnc2)n1. The van der Waals surface area contributed by atoms with Crippen molar-refractivity contribution in [3.05, 3.63) is 57.4 Å². The molecule has 0 aliphatic heterocycles. The van der Waals surface area contributed by atoms with Crippen molar-refractivity contribution < 1.29 is 5.11 Å². The number of pyridine rings is 1. The first-order chi connectivity index (χ1) is 13.5. The van der Waals surface area contributed by atoms with Crippen LogP contribution in [0.5, 0.6) is 0 Å². The van der Waals surface area contributed by atoms with E-state index in [0.717, 1.165) is 20.5 Å². The lowest BCUT2D eigenvalue weighted by atomic mass is 10.1. The van der Waals surface area contributed by atoms with Crippen LogP contribution in [0.25, 0.3) is 11.3 Å². The van der Waals surface area contributed by atoms with Crippen LogP contribution in [0.1, 0.15) is 13.8 Å². The number of aliphatic hydroxyl groups is 1. The van der Waals surface area contributed by atoms with E-state index in [-0.39, 0.29) is 18.6 Å². The maximum Gasteiger partial charge on any atom is 0.225 e. The van der Waals surface area contributed by atoms with E-state index in [2.05, 4.69) is 48.2 Å². The molecule has 3 rings (SSSR count). The summed E-state index contributed by atoms with van der Waals surface area (Å²) in [4.78, 5) is 13.3. The Hall–Kier alpha value is -1.97. The van der Waals surface area contributed by atoms with Gasteiger partial charge in [-0.3, -0.25) is 4.98 Å². The number of nitrogens with zero attached hydrogens (tertiary/aromatic N) is 3. The average molecular weight is 510 g/mol. The van der Waals surface area contributed by atoms with E-state index >= 15 is 0 Å². The van der Waals surface area contributed by atoms with Crippen molar-refractivity contribution >= 4 is 51.6 Å². The van der Waals surface area contributed by atoms with Gasteiger partial charge in [0.1, 0.15) is 5.82 Å². The van der Waals surface area contributed by atoms with E-state index in [4.69, 9.17) is 11.6 Å². The number of hydrogen-bond acceptors (Lipinski definition) is 6. The van der Waals surface area contributed by atoms with Crippen LogP contribution in [0.3, 0.4) is 0 Å². The van der Waals surface area contributed by atoms with Crippen molar-refractivity contribution in [1.29, 1.82) is 0 Å². The third-order valence-electron chi connectivity index (χ3n) is 4.19. The number of aromatic nitrogens is 3. The van der Waals surface area contributed by atoms with Crippen LogP contribution in [0.15, 0.2) is 48.8 Å². The molecule has 8 heteroatoms. The van der Waals surface area contributed by atoms with Gasteiger partial charge in [-0.05, 0) is 58.8 Å². The van der Waals surface area contributed by atoms with Crippen molar-refractivity contribution in [2.75, 3.05) is 17.2 Å². The number of halogens is 2. The fraction of sp³-hybridized carbons (Fsp3) is 0.250. The van der Waals surface area contributed by atoms with Crippen molar-refractivity contribution in [3.8, 4) is 11.3 Å². The van der Waals surface area contributed by atoms with Crippen LogP contribution in [-0.4, -0.2) is 32.7 Å². The van der Waals surface area contributed by atoms with Crippen LogP contribution in [0.4, 0.5) is 17.5 Å². The predicted octanol–water partition coefficient (Wildman–Crippen LogP) is 4.97. The predicted molar refractivity (Wildman–Crippen MR) is 122 cm³/mol. The summed E-state index contributed by atoms with van der Waals surface area (Å²) in [6.07, 6.45) is 3.47. The topological polar surface area (TPSA) is 83.0 Å². The molecule has 0 unspecified atom stereocenters. The van der Waals surface area contributed by atoms with Gasteiger partial charge in [-0.25, -0.2) is 4.98 Å². The normalized spacial score (nSPS) is 12.1. The van der Waals surface area contributed by atoms with Crippen LogP contribution in [0, 0.1) is 9.49 Å². The van der Waals surface area contributed by atoms with Gasteiger partial charge in [-0.2, -0.15) is 4.98 Å². The molecule has 1 aromatic carbocycles. The molecule has 0 aliphatic rings. The van der Waals surface area contributed by atoms with Crippen LogP contribution in [-0.2, 0) is 0 Å². The second-order valence-corrected chi connectivity index (χ2v) is 8.28. The fourth-order valence-corrected chi connectivity index (χ4v) is 3.46. The minimum atomic E-state index is -0.154. The summed E-state index contributed by atoms with van der Waals surface area (Å²) in [5.41, 5.74) is 2.34. The molecule has 2 aromatic heterocycles. The largest absolute Gasteiger partial charge is 0.394 e. The lowest BCUT2D eigenvalue weighted by Gasteiger charge is -2.20. The van der Waals surface area contributed by atoms with E-state index in [0.29, 0.717) is 16.8 Å². The summed E-state index contributed by atoms with van der Waals surface area (Å²) in [7, 11) is 0. The Morgan fingerprint density at radius 3 is 2.64 bits per heavy atom. The van der Waals surface area contributed by atoms with Crippen molar-refractivity contribution in [2.45, 2.75) is 19.9 Å². The molecule has 1 atom stereocenters. The minimum absolute atomic E-state index is 0.0101. The molecule has 0 saturated heterocycles. The Labute approximate surface area is 182 Å². The zero-order valence-electron chi connectivity index (χ0n) is 15.5. The van der Waals surface area contributed by atoms with Crippen LogP contribution < -0.4 is 10.6 Å². The summed E-state index contributed by atoms with van der Waals surface area (Å²) in [5, 5.41) is 16.7. The maximum absolute atomic E-state index is 9.65. The molecular formula is C20H21ClIN5O. The highest BCUT2D eigenvalue weighted by molar-refractivity contribution is 14.1. The lowest BCUT2D eigenvalue weighted by molar-refractivity contribution is 0.248. The van der Waals surface area contributed by atoms with E-state index in [1.54, 1.807) is 12.4 Å². The number of nitrogens with one attached hydrogen (secondary N) is 2. The van der Waals surface area contributed by atoms with Crippen molar-refractivity contribution in [2.24, 2.45) is 5.92 Å². The maximum atomic E-state index is 9.65. The lowest BCUT2D eigenvalue weighted by Crippen LogP contribution is -2.30. The standard InChI is InChI=1S/C20H21ClIN5O/c1-12(2)18(11-28)26-20-25-17(13-4-3-7-23-10-13)9-19(27-20)24-16-6-5-14(22)8-15(16)21/h3-10,12,18,28H,11H2,1-2H3,(H2,24,25,26,27)/t18-/m0/s1. The molecule has 3 N–H and O–H groups in total. The van der Waals surface area contributed by atoms with E-state index in [9.17, 15) is 5.11 Å². The number of anilines is 3. The van der Waals surface area contributed by atoms with Gasteiger partial charge in [0.05, 0.1) is 29.1 Å². The third-order valence-corrected chi connectivity index (χ3v) is 5.18. The first-order valence-corrected chi connectivity index (χ1v) is 10.3. The van der Waals surface area contributed by atoms with Crippen molar-refractivity contribution in [3.63, 3.8) is 0 Å². The summed E-state index contributed by atoms with van der Waals surface area (Å²) < 4.78 is 1.05. The number of hydrogen-bond donors (Lipinski definition) is 3. The summed E-state index contributed by atoms with van der Waals surface area (Å²) in [6.45, 7) is 4.05. The number of benzene rings is 1. The molecular weight excluding hydrogens is 489 g/mol. The third kappa shape index (κ3) is 5.30. The van der Waals surface area contributed by atoms with Gasteiger partial charge in [0, 0.05) is 27.6 Å². The second-order valence-electron chi connectivity index (χ2n) is 6.63. The minimum Gasteiger partial charge on any atom is -0.394 e. The zero-order chi connectivity index (χ0) is 20.1. The summed E-state index contributed by atoms with van der Waals surface area (Å²) in [5.74, 6) is 1.25. The van der Waals surface area contributed by atoms with Gasteiger partial charge >= 0.3 is 0 Å². The first kappa shape index (κ1) is 20.8. The van der Waals surface area contributed by atoms with Crippen LogP contribution in [0.2, 0.25) is 5.02 Å². The van der Waals surface area contributed by atoms with Gasteiger partial charge < -0.3 is 15.7 Å². The molecule has 0 bridgehead atoms. The fourth-order valence-electron chi connectivity index (χ4n) is 2.56. The second kappa shape index (κ2) is 9.49. The summed E-state index contributed by atoms with van der Waals surface area (Å²) in [6, 6.07) is 11.3. The molecule has 0 amide bonds. The highest BCUT2D eigenvalue weighted by Gasteiger charge is 2.15. The zero-order valence-corrected chi connectivity index (χ0v) is 18.4. The molecule has 0 spiro atoms. The van der Waals surface area contributed by atoms with Gasteiger partial charge in [0.2, 0.25) is 5.95 Å². The molecule has 3 aromatic rings. The molecule has 0 fully saturated rings. The molecule has 6 nitrogen and oxygen atoms in total. The van der Waals surface area contributed by atoms with Crippen LogP contribution >= 0.6 is 34.2 Å². The average Bonchev–Trinajstić information content (AvgIpc) is 2.68. The van der Waals surface area contributed by atoms with E-state index in [1.165, 1.54) is 0 Å². The Bertz CT molecular complexity index is 939. The number of aliphatic hydroxyl groups excluding tert-OH is 1. The van der Waals surface area contributed by atoms with Gasteiger partial charge in [-0.15, -0.1) is 0 Å². The van der Waals surface area contributed by atoms with Gasteiger partial charge in [0.15, 0.2) is 0 Å².